The van der Waals surface area contributed by atoms with E-state index >= 15 is 0 Å². The number of allylic oxidation sites excluding steroid dienone is 1. The molecule has 1 heterocycles. The van der Waals surface area contributed by atoms with E-state index in [1.807, 2.05) is 43.3 Å². The number of carbonyl (C=O) groups excluding carboxylic acids is 2. The van der Waals surface area contributed by atoms with Gasteiger partial charge in [-0.25, -0.2) is 9.59 Å². The molecule has 0 unspecified atom stereocenters. The minimum atomic E-state index is -0.534. The van der Waals surface area contributed by atoms with Gasteiger partial charge in [-0.1, -0.05) is 18.2 Å². The molecule has 28 heavy (non-hydrogen) atoms. The Balaban J connectivity index is 1.78. The number of nitrogens with one attached hydrogen (secondary N) is 1. The van der Waals surface area contributed by atoms with Crippen molar-refractivity contribution in [3.63, 3.8) is 0 Å². The van der Waals surface area contributed by atoms with Crippen LogP contribution in [-0.4, -0.2) is 36.7 Å². The number of amides is 2. The summed E-state index contributed by atoms with van der Waals surface area (Å²) in [5, 5.41) is 5.06. The van der Waals surface area contributed by atoms with Crippen LogP contribution >= 0.6 is 0 Å². The third kappa shape index (κ3) is 3.19. The number of nitrogens with zero attached hydrogens (tertiary/aromatic N) is 1. The summed E-state index contributed by atoms with van der Waals surface area (Å²) >= 11 is 0. The van der Waals surface area contributed by atoms with Gasteiger partial charge in [-0.05, 0) is 61.2 Å². The van der Waals surface area contributed by atoms with Crippen molar-refractivity contribution in [3.8, 4) is 5.75 Å². The lowest BCUT2D eigenvalue weighted by molar-refractivity contribution is -0.139. The summed E-state index contributed by atoms with van der Waals surface area (Å²) in [4.78, 5) is 27.2. The molecule has 1 N–H and O–H groups in total. The molecule has 0 spiro atoms. The van der Waals surface area contributed by atoms with Gasteiger partial charge in [-0.3, -0.25) is 4.90 Å². The molecule has 2 amide bonds. The number of ether oxygens (including phenoxy) is 2. The van der Waals surface area contributed by atoms with Crippen LogP contribution in [0.25, 0.3) is 10.8 Å². The molecule has 2 aromatic carbocycles. The van der Waals surface area contributed by atoms with Crippen LogP contribution in [0.3, 0.4) is 0 Å². The fourth-order valence-corrected chi connectivity index (χ4v) is 3.80. The Bertz CT molecular complexity index is 978. The van der Waals surface area contributed by atoms with E-state index < -0.39 is 6.04 Å². The number of methoxy groups -OCH3 is 1. The molecule has 1 aliphatic heterocycles. The molecule has 6 nitrogen and oxygen atoms in total. The predicted octanol–water partition coefficient (Wildman–Crippen LogP) is 3.91. The molecular weight excluding hydrogens is 356 g/mol. The number of benzene rings is 2. The molecule has 4 rings (SSSR count). The largest absolute Gasteiger partial charge is 0.497 e. The molecule has 0 aromatic heterocycles. The summed E-state index contributed by atoms with van der Waals surface area (Å²) in [5.41, 5.74) is 2.04. The molecule has 2 aromatic rings. The number of carbonyl (C=O) groups is 2. The van der Waals surface area contributed by atoms with Gasteiger partial charge in [0.25, 0.3) is 0 Å². The van der Waals surface area contributed by atoms with Gasteiger partial charge in [-0.2, -0.15) is 0 Å². The van der Waals surface area contributed by atoms with Crippen LogP contribution in [0.5, 0.6) is 5.75 Å². The maximum absolute atomic E-state index is 12.8. The van der Waals surface area contributed by atoms with Crippen LogP contribution in [0.2, 0.25) is 0 Å². The summed E-state index contributed by atoms with van der Waals surface area (Å²) in [5.74, 6) is 0.403. The molecule has 2 aliphatic rings. The van der Waals surface area contributed by atoms with Gasteiger partial charge in [0.1, 0.15) is 5.75 Å². The Kier molecular flexibility index (Phi) is 4.71. The molecule has 1 saturated carbocycles. The first kappa shape index (κ1) is 18.3. The summed E-state index contributed by atoms with van der Waals surface area (Å²) in [6, 6.07) is 11.2. The van der Waals surface area contributed by atoms with E-state index in [-0.39, 0.29) is 24.6 Å². The smallest absolute Gasteiger partial charge is 0.338 e. The highest BCUT2D eigenvalue weighted by Crippen LogP contribution is 2.38. The maximum atomic E-state index is 12.8. The van der Waals surface area contributed by atoms with E-state index in [0.717, 1.165) is 34.9 Å². The fourth-order valence-electron chi connectivity index (χ4n) is 3.80. The molecule has 0 saturated heterocycles. The number of hydrogen-bond acceptors (Lipinski definition) is 4. The van der Waals surface area contributed by atoms with E-state index in [0.29, 0.717) is 11.3 Å². The quantitative estimate of drug-likeness (QED) is 0.799. The van der Waals surface area contributed by atoms with Gasteiger partial charge in [-0.15, -0.1) is 0 Å². The highest BCUT2D eigenvalue weighted by molar-refractivity contribution is 5.95. The molecular formula is C22H24N2O4. The standard InChI is InChI=1S/C22H24N2O4/c1-4-28-21(25)19-13(2)24(17-8-9-17)22(26)23-20(19)16-6-5-15-12-18(27-3)10-7-14(15)11-16/h5-7,10-12,17,20H,4,8-9H2,1-3H3,(H,23,26)/t20-/m0/s1. The van der Waals surface area contributed by atoms with Crippen molar-refractivity contribution in [2.75, 3.05) is 13.7 Å². The van der Waals surface area contributed by atoms with Crippen molar-refractivity contribution in [1.82, 2.24) is 10.2 Å². The molecule has 0 bridgehead atoms. The monoisotopic (exact) mass is 380 g/mol. The second-order valence-electron chi connectivity index (χ2n) is 7.18. The zero-order valence-electron chi connectivity index (χ0n) is 16.3. The number of rotatable bonds is 5. The number of hydrogen-bond donors (Lipinski definition) is 1. The molecule has 1 aliphatic carbocycles. The van der Waals surface area contributed by atoms with Gasteiger partial charge >= 0.3 is 12.0 Å². The molecule has 1 fully saturated rings. The van der Waals surface area contributed by atoms with Crippen LogP contribution in [0.15, 0.2) is 47.7 Å². The van der Waals surface area contributed by atoms with Gasteiger partial charge in [0.2, 0.25) is 0 Å². The van der Waals surface area contributed by atoms with Gasteiger partial charge in [0.05, 0.1) is 25.3 Å². The Hall–Kier alpha value is -3.02. The number of urea groups is 1. The van der Waals surface area contributed by atoms with E-state index in [2.05, 4.69) is 5.32 Å². The SMILES string of the molecule is CCOC(=O)C1=C(C)N(C2CC2)C(=O)N[C@H]1c1ccc2cc(OC)ccc2c1. The normalized spacial score (nSPS) is 19.6. The van der Waals surface area contributed by atoms with Crippen LogP contribution < -0.4 is 10.1 Å². The van der Waals surface area contributed by atoms with E-state index in [1.54, 1.807) is 18.9 Å². The van der Waals surface area contributed by atoms with Crippen LogP contribution in [0.4, 0.5) is 4.79 Å². The minimum absolute atomic E-state index is 0.159. The third-order valence-corrected chi connectivity index (χ3v) is 5.34. The van der Waals surface area contributed by atoms with Gasteiger partial charge < -0.3 is 14.8 Å². The van der Waals surface area contributed by atoms with Crippen LogP contribution in [0, 0.1) is 0 Å². The summed E-state index contributed by atoms with van der Waals surface area (Å²) < 4.78 is 10.6. The van der Waals surface area contributed by atoms with Crippen LogP contribution in [0.1, 0.15) is 38.3 Å². The Morgan fingerprint density at radius 1 is 1.18 bits per heavy atom. The average molecular weight is 380 g/mol. The number of esters is 1. The topological polar surface area (TPSA) is 67.9 Å². The fraction of sp³-hybridized carbons (Fsp3) is 0.364. The van der Waals surface area contributed by atoms with Crippen molar-refractivity contribution in [1.29, 1.82) is 0 Å². The van der Waals surface area contributed by atoms with E-state index in [1.165, 1.54) is 0 Å². The Morgan fingerprint density at radius 3 is 2.57 bits per heavy atom. The van der Waals surface area contributed by atoms with Crippen molar-refractivity contribution in [2.24, 2.45) is 0 Å². The summed E-state index contributed by atoms with van der Waals surface area (Å²) in [7, 11) is 1.64. The highest BCUT2D eigenvalue weighted by Gasteiger charge is 2.42. The predicted molar refractivity (Wildman–Crippen MR) is 106 cm³/mol. The second-order valence-corrected chi connectivity index (χ2v) is 7.18. The average Bonchev–Trinajstić information content (AvgIpc) is 3.51. The molecule has 6 heteroatoms. The lowest BCUT2D eigenvalue weighted by atomic mass is 9.93. The number of fused-ring (bicyclic) bond motifs is 1. The lowest BCUT2D eigenvalue weighted by Gasteiger charge is -2.35. The third-order valence-electron chi connectivity index (χ3n) is 5.34. The molecule has 0 radical (unpaired) electrons. The Labute approximate surface area is 164 Å². The van der Waals surface area contributed by atoms with Crippen LogP contribution in [-0.2, 0) is 9.53 Å². The lowest BCUT2D eigenvalue weighted by Crippen LogP contribution is -2.48. The zero-order chi connectivity index (χ0) is 19.8. The molecule has 146 valence electrons. The molecule has 1 atom stereocenters. The van der Waals surface area contributed by atoms with Crippen molar-refractivity contribution >= 4 is 22.8 Å². The van der Waals surface area contributed by atoms with Gasteiger partial charge in [0, 0.05) is 11.7 Å². The van der Waals surface area contributed by atoms with E-state index in [9.17, 15) is 9.59 Å². The van der Waals surface area contributed by atoms with Gasteiger partial charge in [0.15, 0.2) is 0 Å². The van der Waals surface area contributed by atoms with Crippen molar-refractivity contribution in [2.45, 2.75) is 38.8 Å². The Morgan fingerprint density at radius 2 is 1.89 bits per heavy atom. The first-order valence-corrected chi connectivity index (χ1v) is 9.58. The second kappa shape index (κ2) is 7.19. The zero-order valence-corrected chi connectivity index (χ0v) is 16.3. The first-order valence-electron chi connectivity index (χ1n) is 9.58. The van der Waals surface area contributed by atoms with Crippen molar-refractivity contribution in [3.05, 3.63) is 53.2 Å². The first-order chi connectivity index (χ1) is 13.5. The summed E-state index contributed by atoms with van der Waals surface area (Å²) in [6.45, 7) is 3.91. The highest BCUT2D eigenvalue weighted by atomic mass is 16.5. The minimum Gasteiger partial charge on any atom is -0.497 e. The van der Waals surface area contributed by atoms with Crippen molar-refractivity contribution < 1.29 is 19.1 Å². The van der Waals surface area contributed by atoms with E-state index in [4.69, 9.17) is 9.47 Å². The maximum Gasteiger partial charge on any atom is 0.338 e. The summed E-state index contributed by atoms with van der Waals surface area (Å²) in [6.07, 6.45) is 1.92.